The topological polar surface area (TPSA) is 71.2 Å². The molecule has 0 aromatic carbocycles. The minimum Gasteiger partial charge on any atom is -0.385 e. The fraction of sp³-hybridized carbons (Fsp3) is 0.545. The number of hydrogen-bond acceptors (Lipinski definition) is 4. The Hall–Kier alpha value is -1.13. The van der Waals surface area contributed by atoms with E-state index in [1.165, 1.54) is 0 Å². The minimum absolute atomic E-state index is 0.404. The van der Waals surface area contributed by atoms with Crippen LogP contribution in [0.4, 0.5) is 5.82 Å². The van der Waals surface area contributed by atoms with Gasteiger partial charge < -0.3 is 16.2 Å². The molecule has 15 heavy (non-hydrogen) atoms. The van der Waals surface area contributed by atoms with Crippen LogP contribution in [0.3, 0.4) is 0 Å². The van der Waals surface area contributed by atoms with E-state index in [4.69, 9.17) is 5.73 Å². The van der Waals surface area contributed by atoms with Crippen molar-refractivity contribution in [3.8, 4) is 0 Å². The van der Waals surface area contributed by atoms with Gasteiger partial charge in [0, 0.05) is 11.8 Å². The Morgan fingerprint density at radius 3 is 2.87 bits per heavy atom. The van der Waals surface area contributed by atoms with Gasteiger partial charge in [0.1, 0.15) is 5.82 Å². The zero-order chi connectivity index (χ0) is 11.5. The number of aryl methyl sites for hydroxylation is 1. The van der Waals surface area contributed by atoms with Gasteiger partial charge in [-0.15, -0.1) is 0 Å². The SMILES string of the molecule is CNCCC(C)(O)c1cc(C)cnc1N. The molecule has 0 aliphatic carbocycles. The predicted octanol–water partition coefficient (Wildman–Crippen LogP) is 0.789. The van der Waals surface area contributed by atoms with Gasteiger partial charge >= 0.3 is 0 Å². The maximum absolute atomic E-state index is 10.3. The lowest BCUT2D eigenvalue weighted by Crippen LogP contribution is -2.27. The van der Waals surface area contributed by atoms with Crippen LogP contribution in [0.2, 0.25) is 0 Å². The summed E-state index contributed by atoms with van der Waals surface area (Å²) >= 11 is 0. The van der Waals surface area contributed by atoms with E-state index in [1.54, 1.807) is 13.1 Å². The van der Waals surface area contributed by atoms with Gasteiger partial charge in [-0.25, -0.2) is 4.98 Å². The molecule has 0 aliphatic rings. The summed E-state index contributed by atoms with van der Waals surface area (Å²) < 4.78 is 0. The predicted molar refractivity (Wildman–Crippen MR) is 61.5 cm³/mol. The van der Waals surface area contributed by atoms with E-state index in [2.05, 4.69) is 10.3 Å². The summed E-state index contributed by atoms with van der Waals surface area (Å²) in [6.45, 7) is 4.43. The Morgan fingerprint density at radius 1 is 1.60 bits per heavy atom. The van der Waals surface area contributed by atoms with Crippen LogP contribution in [-0.2, 0) is 5.60 Å². The van der Waals surface area contributed by atoms with E-state index in [-0.39, 0.29) is 0 Å². The molecule has 1 rings (SSSR count). The molecule has 0 aliphatic heterocycles. The van der Waals surface area contributed by atoms with E-state index in [1.807, 2.05) is 20.0 Å². The lowest BCUT2D eigenvalue weighted by molar-refractivity contribution is 0.0490. The highest BCUT2D eigenvalue weighted by Crippen LogP contribution is 2.28. The third-order valence-electron chi connectivity index (χ3n) is 2.50. The first kappa shape index (κ1) is 11.9. The smallest absolute Gasteiger partial charge is 0.129 e. The van der Waals surface area contributed by atoms with E-state index >= 15 is 0 Å². The number of nitrogens with zero attached hydrogens (tertiary/aromatic N) is 1. The van der Waals surface area contributed by atoms with Gasteiger partial charge in [0.15, 0.2) is 0 Å². The van der Waals surface area contributed by atoms with Gasteiger partial charge in [0.25, 0.3) is 0 Å². The second kappa shape index (κ2) is 4.59. The average Bonchev–Trinajstić information content (AvgIpc) is 2.18. The van der Waals surface area contributed by atoms with Crippen LogP contribution in [0, 0.1) is 6.92 Å². The molecule has 0 saturated heterocycles. The van der Waals surface area contributed by atoms with Gasteiger partial charge in [0.05, 0.1) is 5.60 Å². The molecular weight excluding hydrogens is 190 g/mol. The van der Waals surface area contributed by atoms with Gasteiger partial charge in [-0.05, 0) is 45.5 Å². The zero-order valence-corrected chi connectivity index (χ0v) is 9.54. The molecule has 0 spiro atoms. The molecule has 1 heterocycles. The highest BCUT2D eigenvalue weighted by molar-refractivity contribution is 5.44. The number of nitrogens with two attached hydrogens (primary N) is 1. The van der Waals surface area contributed by atoms with Crippen molar-refractivity contribution in [3.05, 3.63) is 23.4 Å². The summed E-state index contributed by atoms with van der Waals surface area (Å²) in [4.78, 5) is 4.05. The fourth-order valence-corrected chi connectivity index (χ4v) is 1.51. The molecule has 1 unspecified atom stereocenters. The first-order valence-electron chi connectivity index (χ1n) is 5.07. The molecule has 0 radical (unpaired) electrons. The largest absolute Gasteiger partial charge is 0.385 e. The lowest BCUT2D eigenvalue weighted by atomic mass is 9.92. The first-order valence-corrected chi connectivity index (χ1v) is 5.07. The number of rotatable bonds is 4. The summed E-state index contributed by atoms with van der Waals surface area (Å²) in [6.07, 6.45) is 2.31. The van der Waals surface area contributed by atoms with Gasteiger partial charge in [-0.2, -0.15) is 0 Å². The second-order valence-electron chi connectivity index (χ2n) is 4.07. The number of nitrogens with one attached hydrogen (secondary N) is 1. The van der Waals surface area contributed by atoms with Crippen LogP contribution in [0.25, 0.3) is 0 Å². The number of nitrogen functional groups attached to an aromatic ring is 1. The molecule has 1 aromatic rings. The Balaban J connectivity index is 2.97. The average molecular weight is 209 g/mol. The summed E-state index contributed by atoms with van der Waals surface area (Å²) in [5, 5.41) is 13.3. The van der Waals surface area contributed by atoms with E-state index in [0.717, 1.165) is 12.1 Å². The third kappa shape index (κ3) is 2.91. The Kier molecular flexibility index (Phi) is 3.66. The quantitative estimate of drug-likeness (QED) is 0.685. The maximum Gasteiger partial charge on any atom is 0.129 e. The van der Waals surface area contributed by atoms with Gasteiger partial charge in [-0.1, -0.05) is 0 Å². The highest BCUT2D eigenvalue weighted by Gasteiger charge is 2.25. The monoisotopic (exact) mass is 209 g/mol. The van der Waals surface area contributed by atoms with Crippen LogP contribution in [0.5, 0.6) is 0 Å². The molecule has 0 fully saturated rings. The normalized spacial score (nSPS) is 14.9. The molecule has 0 saturated carbocycles. The number of pyridine rings is 1. The van der Waals surface area contributed by atoms with Gasteiger partial charge in [0.2, 0.25) is 0 Å². The van der Waals surface area contributed by atoms with Crippen LogP contribution in [-0.4, -0.2) is 23.7 Å². The lowest BCUT2D eigenvalue weighted by Gasteiger charge is -2.25. The molecule has 0 bridgehead atoms. The van der Waals surface area contributed by atoms with Crippen LogP contribution < -0.4 is 11.1 Å². The summed E-state index contributed by atoms with van der Waals surface area (Å²) in [5.41, 5.74) is 6.54. The molecule has 4 N–H and O–H groups in total. The number of aliphatic hydroxyl groups is 1. The van der Waals surface area contributed by atoms with Gasteiger partial charge in [-0.3, -0.25) is 0 Å². The Morgan fingerprint density at radius 2 is 2.27 bits per heavy atom. The Bertz CT molecular complexity index is 337. The molecule has 4 nitrogen and oxygen atoms in total. The minimum atomic E-state index is -0.924. The number of hydrogen-bond donors (Lipinski definition) is 3. The third-order valence-corrected chi connectivity index (χ3v) is 2.50. The number of anilines is 1. The Labute approximate surface area is 90.5 Å². The summed E-state index contributed by atoms with van der Waals surface area (Å²) in [6, 6.07) is 1.89. The number of aromatic nitrogens is 1. The van der Waals surface area contributed by atoms with Crippen LogP contribution in [0.15, 0.2) is 12.3 Å². The van der Waals surface area contributed by atoms with E-state index < -0.39 is 5.60 Å². The first-order chi connectivity index (χ1) is 6.97. The molecule has 0 amide bonds. The van der Waals surface area contributed by atoms with Crippen molar-refractivity contribution in [2.45, 2.75) is 25.9 Å². The standard InChI is InChI=1S/C11H19N3O/c1-8-6-9(10(12)14-7-8)11(2,15)4-5-13-3/h6-7,13,15H,4-5H2,1-3H3,(H2,12,14). The van der Waals surface area contributed by atoms with Crippen molar-refractivity contribution >= 4 is 5.82 Å². The van der Waals surface area contributed by atoms with Crippen molar-refractivity contribution in [1.29, 1.82) is 0 Å². The summed E-state index contributed by atoms with van der Waals surface area (Å²) in [7, 11) is 1.86. The van der Waals surface area contributed by atoms with Crippen molar-refractivity contribution in [2.24, 2.45) is 0 Å². The second-order valence-corrected chi connectivity index (χ2v) is 4.07. The highest BCUT2D eigenvalue weighted by atomic mass is 16.3. The maximum atomic E-state index is 10.3. The zero-order valence-electron chi connectivity index (χ0n) is 9.54. The van der Waals surface area contributed by atoms with Crippen molar-refractivity contribution in [3.63, 3.8) is 0 Å². The van der Waals surface area contributed by atoms with Crippen LogP contribution >= 0.6 is 0 Å². The van der Waals surface area contributed by atoms with E-state index in [0.29, 0.717) is 17.8 Å². The molecule has 1 aromatic heterocycles. The van der Waals surface area contributed by atoms with Crippen LogP contribution in [0.1, 0.15) is 24.5 Å². The van der Waals surface area contributed by atoms with Crippen molar-refractivity contribution in [2.75, 3.05) is 19.3 Å². The molecule has 1 atom stereocenters. The molecule has 84 valence electrons. The fourth-order valence-electron chi connectivity index (χ4n) is 1.51. The molecular formula is C11H19N3O. The van der Waals surface area contributed by atoms with E-state index in [9.17, 15) is 5.11 Å². The van der Waals surface area contributed by atoms with Crippen molar-refractivity contribution in [1.82, 2.24) is 10.3 Å². The molecule has 4 heteroatoms. The summed E-state index contributed by atoms with van der Waals surface area (Å²) in [5.74, 6) is 0.404. The van der Waals surface area contributed by atoms with Crippen molar-refractivity contribution < 1.29 is 5.11 Å².